The lowest BCUT2D eigenvalue weighted by molar-refractivity contribution is 0.177. The van der Waals surface area contributed by atoms with Gasteiger partial charge in [0.05, 0.1) is 17.8 Å². The van der Waals surface area contributed by atoms with E-state index in [0.29, 0.717) is 23.4 Å². The second-order valence-corrected chi connectivity index (χ2v) is 9.50. The van der Waals surface area contributed by atoms with Gasteiger partial charge in [-0.05, 0) is 38.0 Å². The van der Waals surface area contributed by atoms with Crippen molar-refractivity contribution in [3.63, 3.8) is 0 Å². The zero-order valence-electron chi connectivity index (χ0n) is 17.8. The van der Waals surface area contributed by atoms with Crippen LogP contribution >= 0.6 is 22.9 Å². The molecule has 3 heterocycles. The van der Waals surface area contributed by atoms with Crippen LogP contribution in [0, 0.1) is 12.8 Å². The fraction of sp³-hybridized carbons (Fsp3) is 0.364. The molecule has 4 rings (SSSR count). The Morgan fingerprint density at radius 3 is 2.65 bits per heavy atom. The molecular formula is C22H24ClN5O2S. The van der Waals surface area contributed by atoms with Gasteiger partial charge in [0.2, 0.25) is 5.95 Å². The number of carbonyl (C=O) groups is 1. The lowest BCUT2D eigenvalue weighted by Gasteiger charge is -2.23. The van der Waals surface area contributed by atoms with E-state index in [9.17, 15) is 4.79 Å². The number of hydrogen-bond acceptors (Lipinski definition) is 7. The number of cyclic esters (lactones) is 1. The second kappa shape index (κ2) is 8.80. The Morgan fingerprint density at radius 1 is 1.19 bits per heavy atom. The molecule has 1 saturated heterocycles. The number of nitrogens with zero attached hydrogens (tertiary/aromatic N) is 4. The summed E-state index contributed by atoms with van der Waals surface area (Å²) in [6.07, 6.45) is 1.27. The fourth-order valence-corrected chi connectivity index (χ4v) is 4.55. The summed E-state index contributed by atoms with van der Waals surface area (Å²) in [5.41, 5.74) is 1.97. The topological polar surface area (TPSA) is 80.2 Å². The van der Waals surface area contributed by atoms with E-state index < -0.39 is 0 Å². The molecule has 1 unspecified atom stereocenters. The number of carbonyl (C=O) groups excluding carboxylic acids is 1. The van der Waals surface area contributed by atoms with E-state index in [0.717, 1.165) is 21.1 Å². The molecule has 1 aliphatic heterocycles. The Labute approximate surface area is 190 Å². The van der Waals surface area contributed by atoms with Gasteiger partial charge in [-0.25, -0.2) is 14.8 Å². The summed E-state index contributed by atoms with van der Waals surface area (Å²) in [5, 5.41) is 4.94. The van der Waals surface area contributed by atoms with Crippen molar-refractivity contribution in [2.24, 2.45) is 5.92 Å². The molecule has 3 aromatic rings. The predicted molar refractivity (Wildman–Crippen MR) is 124 cm³/mol. The van der Waals surface area contributed by atoms with E-state index >= 15 is 0 Å². The fourth-order valence-electron chi connectivity index (χ4n) is 3.48. The normalized spacial score (nSPS) is 17.2. The molecule has 1 N–H and O–H groups in total. The van der Waals surface area contributed by atoms with E-state index in [1.807, 2.05) is 31.2 Å². The third-order valence-corrected chi connectivity index (χ3v) is 6.62. The maximum Gasteiger partial charge on any atom is 0.415 e. The summed E-state index contributed by atoms with van der Waals surface area (Å²) in [4.78, 5) is 28.7. The molecule has 0 radical (unpaired) electrons. The van der Waals surface area contributed by atoms with Crippen LogP contribution in [0.3, 0.4) is 0 Å². The average molecular weight is 458 g/mol. The molecule has 162 valence electrons. The number of ether oxygens (including phenoxy) is 1. The molecular weight excluding hydrogens is 434 g/mol. The molecule has 2 atom stereocenters. The molecule has 9 heteroatoms. The lowest BCUT2D eigenvalue weighted by atomic mass is 10.0. The SMILES string of the molecule is Cc1sc([C@@H](C)Nc2nccc(N3C(=O)OCC3C(C)C)n2)nc1-c1ccc(Cl)cc1. The number of anilines is 2. The standard InChI is InChI=1S/C22H24ClN5O2S/c1-12(2)17-11-30-22(29)28(17)18-9-10-24-21(26-18)25-13(3)20-27-19(14(4)31-20)15-5-7-16(23)8-6-15/h5-10,12-13,17H,11H2,1-4H3,(H,24,25,26)/t13-,17?/m1/s1. The number of halogens is 1. The largest absolute Gasteiger partial charge is 0.447 e. The number of benzene rings is 1. The highest BCUT2D eigenvalue weighted by molar-refractivity contribution is 7.12. The van der Waals surface area contributed by atoms with Gasteiger partial charge in [-0.15, -0.1) is 11.3 Å². The Morgan fingerprint density at radius 2 is 1.94 bits per heavy atom. The van der Waals surface area contributed by atoms with Crippen LogP contribution in [0.4, 0.5) is 16.6 Å². The summed E-state index contributed by atoms with van der Waals surface area (Å²) in [6, 6.07) is 9.25. The first-order valence-corrected chi connectivity index (χ1v) is 11.3. The number of nitrogens with one attached hydrogen (secondary N) is 1. The highest BCUT2D eigenvalue weighted by Crippen LogP contribution is 2.32. The maximum atomic E-state index is 12.2. The van der Waals surface area contributed by atoms with Gasteiger partial charge >= 0.3 is 6.09 Å². The number of hydrogen-bond donors (Lipinski definition) is 1. The van der Waals surface area contributed by atoms with Crippen LogP contribution in [0.25, 0.3) is 11.3 Å². The minimum absolute atomic E-state index is 0.0452. The van der Waals surface area contributed by atoms with E-state index in [4.69, 9.17) is 21.3 Å². The third kappa shape index (κ3) is 4.50. The van der Waals surface area contributed by atoms with Crippen LogP contribution in [0.15, 0.2) is 36.5 Å². The molecule has 1 fully saturated rings. The number of amides is 1. The molecule has 1 amide bonds. The summed E-state index contributed by atoms with van der Waals surface area (Å²) < 4.78 is 5.24. The highest BCUT2D eigenvalue weighted by atomic mass is 35.5. The Kier molecular flexibility index (Phi) is 6.11. The second-order valence-electron chi connectivity index (χ2n) is 7.83. The van der Waals surface area contributed by atoms with Crippen molar-refractivity contribution in [2.75, 3.05) is 16.8 Å². The molecule has 31 heavy (non-hydrogen) atoms. The number of aryl methyl sites for hydroxylation is 1. The molecule has 1 aromatic carbocycles. The third-order valence-electron chi connectivity index (χ3n) is 5.21. The number of thiazole rings is 1. The summed E-state index contributed by atoms with van der Waals surface area (Å²) in [7, 11) is 0. The first-order valence-electron chi connectivity index (χ1n) is 10.1. The van der Waals surface area contributed by atoms with E-state index in [1.54, 1.807) is 28.5 Å². The molecule has 0 aliphatic carbocycles. The van der Waals surface area contributed by atoms with Gasteiger partial charge in [0, 0.05) is 21.7 Å². The molecule has 1 aliphatic rings. The molecule has 2 aromatic heterocycles. The van der Waals surface area contributed by atoms with Gasteiger partial charge < -0.3 is 10.1 Å². The minimum atomic E-state index is -0.375. The van der Waals surface area contributed by atoms with E-state index in [-0.39, 0.29) is 24.1 Å². The smallest absolute Gasteiger partial charge is 0.415 e. The van der Waals surface area contributed by atoms with Crippen molar-refractivity contribution in [2.45, 2.75) is 39.8 Å². The van der Waals surface area contributed by atoms with Gasteiger partial charge in [-0.1, -0.05) is 37.6 Å². The van der Waals surface area contributed by atoms with E-state index in [2.05, 4.69) is 36.1 Å². The average Bonchev–Trinajstić information content (AvgIpc) is 3.32. The van der Waals surface area contributed by atoms with Crippen LogP contribution in [0.5, 0.6) is 0 Å². The van der Waals surface area contributed by atoms with Crippen LogP contribution in [0.2, 0.25) is 5.02 Å². The number of rotatable bonds is 6. The lowest BCUT2D eigenvalue weighted by Crippen LogP contribution is -2.37. The van der Waals surface area contributed by atoms with Crippen molar-refractivity contribution in [1.29, 1.82) is 0 Å². The van der Waals surface area contributed by atoms with Gasteiger partial charge in [-0.2, -0.15) is 4.98 Å². The Bertz CT molecular complexity index is 1090. The van der Waals surface area contributed by atoms with Crippen LogP contribution < -0.4 is 10.2 Å². The predicted octanol–water partition coefficient (Wildman–Crippen LogP) is 5.72. The zero-order valence-corrected chi connectivity index (χ0v) is 19.4. The Balaban J connectivity index is 1.54. The van der Waals surface area contributed by atoms with Crippen LogP contribution in [-0.4, -0.2) is 33.7 Å². The van der Waals surface area contributed by atoms with Gasteiger partial charge in [0.1, 0.15) is 17.4 Å². The summed E-state index contributed by atoms with van der Waals surface area (Å²) in [6.45, 7) is 8.56. The highest BCUT2D eigenvalue weighted by Gasteiger charge is 2.37. The van der Waals surface area contributed by atoms with Crippen molar-refractivity contribution < 1.29 is 9.53 Å². The molecule has 0 bridgehead atoms. The molecule has 7 nitrogen and oxygen atoms in total. The quantitative estimate of drug-likeness (QED) is 0.510. The molecule has 0 saturated carbocycles. The van der Waals surface area contributed by atoms with Crippen molar-refractivity contribution >= 4 is 40.8 Å². The summed E-state index contributed by atoms with van der Waals surface area (Å²) in [5.74, 6) is 1.22. The molecule has 0 spiro atoms. The van der Waals surface area contributed by atoms with Crippen LogP contribution in [0.1, 0.15) is 36.7 Å². The number of aromatic nitrogens is 3. The first kappa shape index (κ1) is 21.5. The van der Waals surface area contributed by atoms with Gasteiger partial charge in [0.15, 0.2) is 0 Å². The Hall–Kier alpha value is -2.71. The monoisotopic (exact) mass is 457 g/mol. The van der Waals surface area contributed by atoms with E-state index in [1.165, 1.54) is 0 Å². The van der Waals surface area contributed by atoms with Crippen molar-refractivity contribution in [1.82, 2.24) is 15.0 Å². The zero-order chi connectivity index (χ0) is 22.1. The van der Waals surface area contributed by atoms with Crippen molar-refractivity contribution in [3.8, 4) is 11.3 Å². The van der Waals surface area contributed by atoms with Gasteiger partial charge in [-0.3, -0.25) is 4.90 Å². The minimum Gasteiger partial charge on any atom is -0.447 e. The summed E-state index contributed by atoms with van der Waals surface area (Å²) >= 11 is 7.63. The van der Waals surface area contributed by atoms with Crippen molar-refractivity contribution in [3.05, 3.63) is 51.4 Å². The maximum absolute atomic E-state index is 12.2. The van der Waals surface area contributed by atoms with Crippen LogP contribution in [-0.2, 0) is 4.74 Å². The first-order chi connectivity index (χ1) is 14.8. The van der Waals surface area contributed by atoms with Gasteiger partial charge in [0.25, 0.3) is 0 Å².